The molecule has 5 heteroatoms. The van der Waals surface area contributed by atoms with Crippen LogP contribution in [0.1, 0.15) is 44.9 Å². The van der Waals surface area contributed by atoms with Crippen molar-refractivity contribution < 1.29 is 4.79 Å². The summed E-state index contributed by atoms with van der Waals surface area (Å²) in [7, 11) is 0. The Morgan fingerprint density at radius 1 is 1.04 bits per heavy atom. The van der Waals surface area contributed by atoms with Crippen LogP contribution in [0.5, 0.6) is 0 Å². The van der Waals surface area contributed by atoms with Crippen LogP contribution >= 0.6 is 0 Å². The molecule has 0 aliphatic heterocycles. The van der Waals surface area contributed by atoms with E-state index in [1.54, 1.807) is 0 Å². The molecule has 140 valence electrons. The summed E-state index contributed by atoms with van der Waals surface area (Å²) in [6, 6.07) is 9.95. The summed E-state index contributed by atoms with van der Waals surface area (Å²) in [6.45, 7) is 10.1. The standard InChI is InChI=1S/C21H30N4O/c1-5-13-25(14-6-2)19(26)15-22-20-16(4)18(7-3)23-21(24-20)17-11-9-8-10-12-17/h8-12H,5-7,13-15H2,1-4H3,(H,22,23,24). The zero-order valence-electron chi connectivity index (χ0n) is 16.4. The van der Waals surface area contributed by atoms with Gasteiger partial charge in [-0.15, -0.1) is 0 Å². The van der Waals surface area contributed by atoms with Gasteiger partial charge in [0.05, 0.1) is 6.54 Å². The molecule has 26 heavy (non-hydrogen) atoms. The van der Waals surface area contributed by atoms with E-state index in [1.165, 1.54) is 0 Å². The molecule has 1 aromatic carbocycles. The molecule has 2 rings (SSSR count). The molecule has 0 fully saturated rings. The van der Waals surface area contributed by atoms with Crippen LogP contribution in [0, 0.1) is 6.92 Å². The highest BCUT2D eigenvalue weighted by Gasteiger charge is 2.15. The quantitative estimate of drug-likeness (QED) is 0.737. The highest BCUT2D eigenvalue weighted by atomic mass is 16.2. The number of nitrogens with zero attached hydrogens (tertiary/aromatic N) is 3. The van der Waals surface area contributed by atoms with E-state index in [1.807, 2.05) is 42.2 Å². The third kappa shape index (κ3) is 5.04. The number of aromatic nitrogens is 2. The van der Waals surface area contributed by atoms with Crippen LogP contribution in [0.4, 0.5) is 5.82 Å². The Hall–Kier alpha value is -2.43. The molecule has 1 heterocycles. The summed E-state index contributed by atoms with van der Waals surface area (Å²) in [5, 5.41) is 3.25. The number of amides is 1. The van der Waals surface area contributed by atoms with Crippen molar-refractivity contribution in [3.63, 3.8) is 0 Å². The van der Waals surface area contributed by atoms with Gasteiger partial charge >= 0.3 is 0 Å². The molecule has 1 amide bonds. The zero-order chi connectivity index (χ0) is 18.9. The number of carbonyl (C=O) groups is 1. The molecular formula is C21H30N4O. The minimum Gasteiger partial charge on any atom is -0.361 e. The normalized spacial score (nSPS) is 10.6. The Morgan fingerprint density at radius 3 is 2.27 bits per heavy atom. The van der Waals surface area contributed by atoms with Crippen LogP contribution in [-0.4, -0.2) is 40.4 Å². The number of nitrogens with one attached hydrogen (secondary N) is 1. The number of benzene rings is 1. The first kappa shape index (κ1) is 19.9. The molecule has 0 aliphatic carbocycles. The fourth-order valence-corrected chi connectivity index (χ4v) is 2.97. The second kappa shape index (κ2) is 9.90. The molecule has 0 spiro atoms. The van der Waals surface area contributed by atoms with E-state index in [4.69, 9.17) is 4.98 Å². The summed E-state index contributed by atoms with van der Waals surface area (Å²) < 4.78 is 0. The van der Waals surface area contributed by atoms with E-state index in [0.29, 0.717) is 5.82 Å². The highest BCUT2D eigenvalue weighted by Crippen LogP contribution is 2.22. The molecule has 1 N–H and O–H groups in total. The Bertz CT molecular complexity index is 709. The number of hydrogen-bond acceptors (Lipinski definition) is 4. The maximum atomic E-state index is 12.5. The monoisotopic (exact) mass is 354 g/mol. The summed E-state index contributed by atoms with van der Waals surface area (Å²) in [6.07, 6.45) is 2.77. The largest absolute Gasteiger partial charge is 0.361 e. The van der Waals surface area contributed by atoms with Crippen LogP contribution in [0.2, 0.25) is 0 Å². The highest BCUT2D eigenvalue weighted by molar-refractivity contribution is 5.81. The van der Waals surface area contributed by atoms with E-state index in [2.05, 4.69) is 31.1 Å². The SMILES string of the molecule is CCCN(CCC)C(=O)CNc1nc(-c2ccccc2)nc(CC)c1C. The third-order valence-electron chi connectivity index (χ3n) is 4.36. The van der Waals surface area contributed by atoms with E-state index >= 15 is 0 Å². The minimum absolute atomic E-state index is 0.117. The number of rotatable bonds is 9. The minimum atomic E-state index is 0.117. The van der Waals surface area contributed by atoms with Gasteiger partial charge in [0.15, 0.2) is 5.82 Å². The lowest BCUT2D eigenvalue weighted by Crippen LogP contribution is -2.37. The molecule has 0 atom stereocenters. The van der Waals surface area contributed by atoms with Crippen molar-refractivity contribution in [3.05, 3.63) is 41.6 Å². The Kier molecular flexibility index (Phi) is 7.57. The first-order valence-corrected chi connectivity index (χ1v) is 9.55. The molecule has 5 nitrogen and oxygen atoms in total. The summed E-state index contributed by atoms with van der Waals surface area (Å²) in [5.74, 6) is 1.56. The van der Waals surface area contributed by atoms with E-state index in [0.717, 1.165) is 55.0 Å². The van der Waals surface area contributed by atoms with E-state index in [-0.39, 0.29) is 12.5 Å². The van der Waals surface area contributed by atoms with Gasteiger partial charge < -0.3 is 10.2 Å². The van der Waals surface area contributed by atoms with Crippen LogP contribution in [0.25, 0.3) is 11.4 Å². The molecular weight excluding hydrogens is 324 g/mol. The van der Waals surface area contributed by atoms with E-state index in [9.17, 15) is 4.79 Å². The van der Waals surface area contributed by atoms with Gasteiger partial charge in [0.1, 0.15) is 5.82 Å². The fourth-order valence-electron chi connectivity index (χ4n) is 2.97. The fraction of sp³-hybridized carbons (Fsp3) is 0.476. The van der Waals surface area contributed by atoms with Crippen molar-refractivity contribution >= 4 is 11.7 Å². The van der Waals surface area contributed by atoms with Crippen LogP contribution in [0.15, 0.2) is 30.3 Å². The van der Waals surface area contributed by atoms with Gasteiger partial charge in [-0.1, -0.05) is 51.1 Å². The van der Waals surface area contributed by atoms with Crippen LogP contribution in [0.3, 0.4) is 0 Å². The third-order valence-corrected chi connectivity index (χ3v) is 4.36. The zero-order valence-corrected chi connectivity index (χ0v) is 16.4. The number of hydrogen-bond donors (Lipinski definition) is 1. The van der Waals surface area contributed by atoms with Crippen LogP contribution < -0.4 is 5.32 Å². The van der Waals surface area contributed by atoms with Crippen molar-refractivity contribution in [2.24, 2.45) is 0 Å². The predicted octanol–water partition coefficient (Wildman–Crippen LogP) is 4.07. The maximum absolute atomic E-state index is 12.5. The Labute approximate surface area is 156 Å². The molecule has 1 aromatic heterocycles. The molecule has 0 bridgehead atoms. The Morgan fingerprint density at radius 2 is 1.69 bits per heavy atom. The smallest absolute Gasteiger partial charge is 0.241 e. The first-order valence-electron chi connectivity index (χ1n) is 9.55. The molecule has 0 unspecified atom stereocenters. The molecule has 0 saturated carbocycles. The van der Waals surface area contributed by atoms with Crippen molar-refractivity contribution in [1.82, 2.24) is 14.9 Å². The van der Waals surface area contributed by atoms with Gasteiger partial charge in [-0.3, -0.25) is 4.79 Å². The van der Waals surface area contributed by atoms with Gasteiger partial charge in [-0.25, -0.2) is 9.97 Å². The van der Waals surface area contributed by atoms with Gasteiger partial charge in [0.2, 0.25) is 5.91 Å². The lowest BCUT2D eigenvalue weighted by atomic mass is 10.1. The van der Waals surface area contributed by atoms with Crippen molar-refractivity contribution in [1.29, 1.82) is 0 Å². The second-order valence-corrected chi connectivity index (χ2v) is 6.42. The topological polar surface area (TPSA) is 58.1 Å². The molecule has 0 aliphatic rings. The van der Waals surface area contributed by atoms with Crippen molar-refractivity contribution in [3.8, 4) is 11.4 Å². The van der Waals surface area contributed by atoms with Crippen molar-refractivity contribution in [2.75, 3.05) is 25.0 Å². The Balaban J connectivity index is 2.21. The van der Waals surface area contributed by atoms with Gasteiger partial charge in [0, 0.05) is 29.9 Å². The average Bonchev–Trinajstić information content (AvgIpc) is 2.67. The van der Waals surface area contributed by atoms with E-state index < -0.39 is 0 Å². The summed E-state index contributed by atoms with van der Waals surface area (Å²) in [4.78, 5) is 23.8. The summed E-state index contributed by atoms with van der Waals surface area (Å²) in [5.41, 5.74) is 3.00. The number of anilines is 1. The number of aryl methyl sites for hydroxylation is 1. The average molecular weight is 354 g/mol. The number of carbonyl (C=O) groups excluding carboxylic acids is 1. The van der Waals surface area contributed by atoms with Crippen molar-refractivity contribution in [2.45, 2.75) is 47.0 Å². The summed E-state index contributed by atoms with van der Waals surface area (Å²) >= 11 is 0. The second-order valence-electron chi connectivity index (χ2n) is 6.42. The maximum Gasteiger partial charge on any atom is 0.241 e. The molecule has 0 saturated heterocycles. The van der Waals surface area contributed by atoms with Gasteiger partial charge in [-0.05, 0) is 26.2 Å². The van der Waals surface area contributed by atoms with Gasteiger partial charge in [-0.2, -0.15) is 0 Å². The predicted molar refractivity (Wildman–Crippen MR) is 107 cm³/mol. The molecule has 0 radical (unpaired) electrons. The first-order chi connectivity index (χ1) is 12.6. The van der Waals surface area contributed by atoms with Crippen LogP contribution in [-0.2, 0) is 11.2 Å². The lowest BCUT2D eigenvalue weighted by molar-refractivity contribution is -0.129. The molecule has 2 aromatic rings. The lowest BCUT2D eigenvalue weighted by Gasteiger charge is -2.22. The van der Waals surface area contributed by atoms with Gasteiger partial charge in [0.25, 0.3) is 0 Å².